The highest BCUT2D eigenvalue weighted by molar-refractivity contribution is 5.92. The summed E-state index contributed by atoms with van der Waals surface area (Å²) in [5, 5.41) is 6.42. The Labute approximate surface area is 155 Å². The number of aromatic nitrogens is 2. The fourth-order valence-electron chi connectivity index (χ4n) is 3.48. The van der Waals surface area contributed by atoms with Gasteiger partial charge in [-0.2, -0.15) is 0 Å². The predicted octanol–water partition coefficient (Wildman–Crippen LogP) is 4.71. The fraction of sp³-hybridized carbons (Fsp3) is 0.476. The van der Waals surface area contributed by atoms with E-state index >= 15 is 0 Å². The maximum atomic E-state index is 12.6. The molecule has 0 spiro atoms. The number of carbonyl (C=O) groups excluding carboxylic acids is 1. The van der Waals surface area contributed by atoms with Crippen LogP contribution in [0.2, 0.25) is 0 Å². The van der Waals surface area contributed by atoms with Crippen LogP contribution in [0.15, 0.2) is 30.3 Å². The van der Waals surface area contributed by atoms with Gasteiger partial charge in [-0.15, -0.1) is 0 Å². The smallest absolute Gasteiger partial charge is 0.270 e. The molecule has 138 valence electrons. The summed E-state index contributed by atoms with van der Waals surface area (Å²) in [7, 11) is 0. The molecule has 1 aromatic carbocycles. The number of aryl methyl sites for hydroxylation is 1. The van der Waals surface area contributed by atoms with E-state index in [-0.39, 0.29) is 11.9 Å². The lowest BCUT2D eigenvalue weighted by atomic mass is 9.95. The van der Waals surface area contributed by atoms with Crippen LogP contribution in [0.25, 0.3) is 0 Å². The Morgan fingerprint density at radius 1 is 1.12 bits per heavy atom. The highest BCUT2D eigenvalue weighted by Crippen LogP contribution is 2.26. The number of hydrogen-bond acceptors (Lipinski definition) is 4. The van der Waals surface area contributed by atoms with Crippen LogP contribution in [0.1, 0.15) is 73.6 Å². The quantitative estimate of drug-likeness (QED) is 0.817. The van der Waals surface area contributed by atoms with E-state index in [1.807, 2.05) is 25.1 Å². The number of anilines is 2. The molecule has 1 aromatic heterocycles. The first-order valence-corrected chi connectivity index (χ1v) is 9.55. The van der Waals surface area contributed by atoms with Crippen LogP contribution in [-0.2, 0) is 0 Å². The third-order valence-corrected chi connectivity index (χ3v) is 4.86. The highest BCUT2D eigenvalue weighted by Gasteiger charge is 2.18. The van der Waals surface area contributed by atoms with Crippen molar-refractivity contribution in [3.8, 4) is 0 Å². The summed E-state index contributed by atoms with van der Waals surface area (Å²) in [4.78, 5) is 21.5. The SMILES string of the molecule is Cc1cc(C(=O)NC2CCCCC2)nc(Nc2ccccc2C(C)C)n1. The zero-order chi connectivity index (χ0) is 18.5. The average molecular weight is 352 g/mol. The second-order valence-electron chi connectivity index (χ2n) is 7.39. The molecule has 2 aromatic rings. The minimum absolute atomic E-state index is 0.109. The van der Waals surface area contributed by atoms with E-state index < -0.39 is 0 Å². The number of carbonyl (C=O) groups is 1. The van der Waals surface area contributed by atoms with Crippen LogP contribution in [0.5, 0.6) is 0 Å². The van der Waals surface area contributed by atoms with Crippen molar-refractivity contribution in [3.05, 3.63) is 47.3 Å². The van der Waals surface area contributed by atoms with Crippen LogP contribution >= 0.6 is 0 Å². The maximum absolute atomic E-state index is 12.6. The Morgan fingerprint density at radius 2 is 1.85 bits per heavy atom. The topological polar surface area (TPSA) is 66.9 Å². The molecule has 2 N–H and O–H groups in total. The molecule has 0 unspecified atom stereocenters. The van der Waals surface area contributed by atoms with E-state index in [4.69, 9.17) is 0 Å². The van der Waals surface area contributed by atoms with Crippen molar-refractivity contribution in [1.29, 1.82) is 0 Å². The molecule has 1 fully saturated rings. The van der Waals surface area contributed by atoms with Crippen molar-refractivity contribution >= 4 is 17.5 Å². The summed E-state index contributed by atoms with van der Waals surface area (Å²) in [5.41, 5.74) is 3.38. The molecule has 5 nitrogen and oxygen atoms in total. The molecule has 1 saturated carbocycles. The Balaban J connectivity index is 1.78. The lowest BCUT2D eigenvalue weighted by molar-refractivity contribution is 0.0922. The van der Waals surface area contributed by atoms with Crippen molar-refractivity contribution in [2.45, 2.75) is 64.8 Å². The molecule has 0 aliphatic heterocycles. The number of benzene rings is 1. The molecule has 0 atom stereocenters. The molecule has 0 bridgehead atoms. The lowest BCUT2D eigenvalue weighted by Crippen LogP contribution is -2.36. The summed E-state index contributed by atoms with van der Waals surface area (Å²) in [5.74, 6) is 0.743. The maximum Gasteiger partial charge on any atom is 0.270 e. The Hall–Kier alpha value is -2.43. The summed E-state index contributed by atoms with van der Waals surface area (Å²) >= 11 is 0. The number of nitrogens with one attached hydrogen (secondary N) is 2. The van der Waals surface area contributed by atoms with Gasteiger partial charge in [0.25, 0.3) is 5.91 Å². The summed E-state index contributed by atoms with van der Waals surface area (Å²) in [6, 6.07) is 10.1. The normalized spacial score (nSPS) is 15.1. The molecule has 1 amide bonds. The Kier molecular flexibility index (Phi) is 5.86. The van der Waals surface area contributed by atoms with Crippen molar-refractivity contribution in [2.75, 3.05) is 5.32 Å². The van der Waals surface area contributed by atoms with Crippen molar-refractivity contribution in [1.82, 2.24) is 15.3 Å². The molecule has 1 aliphatic carbocycles. The molecule has 0 saturated heterocycles. The zero-order valence-electron chi connectivity index (χ0n) is 15.9. The largest absolute Gasteiger partial charge is 0.348 e. The molecular formula is C21H28N4O. The van der Waals surface area contributed by atoms with E-state index in [1.54, 1.807) is 6.07 Å². The van der Waals surface area contributed by atoms with Gasteiger partial charge in [0.1, 0.15) is 5.69 Å². The second kappa shape index (κ2) is 8.30. The van der Waals surface area contributed by atoms with E-state index in [0.717, 1.165) is 24.2 Å². The first-order valence-electron chi connectivity index (χ1n) is 9.55. The number of amides is 1. The van der Waals surface area contributed by atoms with Gasteiger partial charge < -0.3 is 10.6 Å². The van der Waals surface area contributed by atoms with Crippen molar-refractivity contribution < 1.29 is 4.79 Å². The monoisotopic (exact) mass is 352 g/mol. The van der Waals surface area contributed by atoms with E-state index in [0.29, 0.717) is 17.6 Å². The fourth-order valence-corrected chi connectivity index (χ4v) is 3.48. The minimum atomic E-state index is -0.109. The van der Waals surface area contributed by atoms with Gasteiger partial charge in [-0.1, -0.05) is 51.3 Å². The molecule has 5 heteroatoms. The Bertz CT molecular complexity index is 766. The number of para-hydroxylation sites is 1. The average Bonchev–Trinajstić information content (AvgIpc) is 2.62. The highest BCUT2D eigenvalue weighted by atomic mass is 16.1. The van der Waals surface area contributed by atoms with Gasteiger partial charge in [-0.05, 0) is 43.4 Å². The molecule has 3 rings (SSSR count). The first kappa shape index (κ1) is 18.4. The first-order chi connectivity index (χ1) is 12.5. The van der Waals surface area contributed by atoms with Crippen LogP contribution in [-0.4, -0.2) is 21.9 Å². The van der Waals surface area contributed by atoms with Crippen LogP contribution in [0, 0.1) is 6.92 Å². The standard InChI is InChI=1S/C21H28N4O/c1-14(2)17-11-7-8-12-18(17)24-21-22-15(3)13-19(25-21)20(26)23-16-9-5-4-6-10-16/h7-8,11-14,16H,4-6,9-10H2,1-3H3,(H,23,26)(H,22,24,25). The van der Waals surface area contributed by atoms with Gasteiger partial charge in [0.05, 0.1) is 0 Å². The van der Waals surface area contributed by atoms with Crippen LogP contribution in [0.4, 0.5) is 11.6 Å². The lowest BCUT2D eigenvalue weighted by Gasteiger charge is -2.22. The van der Waals surface area contributed by atoms with E-state index in [1.165, 1.54) is 24.8 Å². The number of nitrogens with zero attached hydrogens (tertiary/aromatic N) is 2. The van der Waals surface area contributed by atoms with Gasteiger partial charge in [0, 0.05) is 17.4 Å². The third-order valence-electron chi connectivity index (χ3n) is 4.86. The molecular weight excluding hydrogens is 324 g/mol. The molecule has 1 aliphatic rings. The number of rotatable bonds is 5. The summed E-state index contributed by atoms with van der Waals surface area (Å²) in [6.45, 7) is 6.19. The second-order valence-corrected chi connectivity index (χ2v) is 7.39. The van der Waals surface area contributed by atoms with Crippen molar-refractivity contribution in [2.24, 2.45) is 0 Å². The summed E-state index contributed by atoms with van der Waals surface area (Å²) in [6.07, 6.45) is 5.76. The van der Waals surface area contributed by atoms with Gasteiger partial charge in [-0.25, -0.2) is 9.97 Å². The zero-order valence-corrected chi connectivity index (χ0v) is 15.9. The minimum Gasteiger partial charge on any atom is -0.348 e. The van der Waals surface area contributed by atoms with Crippen molar-refractivity contribution in [3.63, 3.8) is 0 Å². The number of hydrogen-bond donors (Lipinski definition) is 2. The van der Waals surface area contributed by atoms with E-state index in [9.17, 15) is 4.79 Å². The molecule has 1 heterocycles. The van der Waals surface area contributed by atoms with Crippen LogP contribution < -0.4 is 10.6 Å². The van der Waals surface area contributed by atoms with Gasteiger partial charge in [0.2, 0.25) is 5.95 Å². The van der Waals surface area contributed by atoms with E-state index in [2.05, 4.69) is 40.5 Å². The molecule has 26 heavy (non-hydrogen) atoms. The van der Waals surface area contributed by atoms with Gasteiger partial charge >= 0.3 is 0 Å². The predicted molar refractivity (Wildman–Crippen MR) is 105 cm³/mol. The van der Waals surface area contributed by atoms with Crippen LogP contribution in [0.3, 0.4) is 0 Å². The molecule has 0 radical (unpaired) electrons. The summed E-state index contributed by atoms with van der Waals surface area (Å²) < 4.78 is 0. The third kappa shape index (κ3) is 4.59. The Morgan fingerprint density at radius 3 is 2.58 bits per heavy atom. The van der Waals surface area contributed by atoms with Gasteiger partial charge in [-0.3, -0.25) is 4.79 Å². The van der Waals surface area contributed by atoms with Gasteiger partial charge in [0.15, 0.2) is 0 Å².